The number of aromatic nitrogens is 3. The number of fused-ring (bicyclic) bond motifs is 1. The van der Waals surface area contributed by atoms with Gasteiger partial charge in [0, 0.05) is 11.1 Å². The summed E-state index contributed by atoms with van der Waals surface area (Å²) in [6.07, 6.45) is 0.269. The van der Waals surface area contributed by atoms with E-state index in [-0.39, 0.29) is 35.5 Å². The van der Waals surface area contributed by atoms with Crippen LogP contribution in [0.5, 0.6) is 0 Å². The van der Waals surface area contributed by atoms with E-state index in [9.17, 15) is 13.6 Å². The van der Waals surface area contributed by atoms with Crippen LogP contribution in [-0.4, -0.2) is 28.2 Å². The van der Waals surface area contributed by atoms with Crippen molar-refractivity contribution < 1.29 is 18.3 Å². The van der Waals surface area contributed by atoms with E-state index in [0.717, 1.165) is 6.20 Å². The average molecular weight is 428 g/mol. The van der Waals surface area contributed by atoms with Crippen molar-refractivity contribution in [1.29, 1.82) is 0 Å². The lowest BCUT2D eigenvalue weighted by atomic mass is 10.1. The van der Waals surface area contributed by atoms with Crippen molar-refractivity contribution in [2.75, 3.05) is 28.9 Å². The molecule has 12 heteroatoms. The third-order valence-electron chi connectivity index (χ3n) is 4.65. The summed E-state index contributed by atoms with van der Waals surface area (Å²) >= 11 is 0. The highest BCUT2D eigenvalue weighted by molar-refractivity contribution is 5.92. The predicted octanol–water partition coefficient (Wildman–Crippen LogP) is 2.11. The molecule has 0 bridgehead atoms. The molecule has 4 rings (SSSR count). The molecule has 1 atom stereocenters. The molecule has 2 aromatic heterocycles. The number of carbonyl (C=O) groups is 1. The second-order valence-electron chi connectivity index (χ2n) is 6.65. The number of hydrazine groups is 1. The number of nitrogens with two attached hydrogens (primary N) is 2. The SMILES string of the molecule is COC(=O)Nc1c(N)nc(C2NN(Cc3ccccc3F)c3ncc(F)cc32)nc1N. The highest BCUT2D eigenvalue weighted by atomic mass is 19.1. The number of anilines is 4. The van der Waals surface area contributed by atoms with Gasteiger partial charge < -0.3 is 16.2 Å². The number of benzene rings is 1. The molecule has 1 aromatic carbocycles. The molecule has 160 valence electrons. The Balaban J connectivity index is 1.70. The van der Waals surface area contributed by atoms with Gasteiger partial charge in [-0.1, -0.05) is 18.2 Å². The van der Waals surface area contributed by atoms with Gasteiger partial charge in [-0.05, 0) is 12.1 Å². The fourth-order valence-corrected chi connectivity index (χ4v) is 3.21. The minimum Gasteiger partial charge on any atom is -0.453 e. The Morgan fingerprint density at radius 2 is 1.97 bits per heavy atom. The molecule has 3 aromatic rings. The smallest absolute Gasteiger partial charge is 0.411 e. The maximum absolute atomic E-state index is 14.1. The van der Waals surface area contributed by atoms with Gasteiger partial charge in [0.25, 0.3) is 0 Å². The molecule has 0 fully saturated rings. The number of carbonyl (C=O) groups excluding carboxylic acids is 1. The Hall–Kier alpha value is -4.06. The number of amides is 1. The van der Waals surface area contributed by atoms with Gasteiger partial charge >= 0.3 is 6.09 Å². The van der Waals surface area contributed by atoms with Gasteiger partial charge in [-0.3, -0.25) is 10.3 Å². The predicted molar refractivity (Wildman–Crippen MR) is 109 cm³/mol. The number of methoxy groups -OCH3 is 1. The fraction of sp³-hybridized carbons (Fsp3) is 0.158. The number of nitrogen functional groups attached to an aromatic ring is 2. The molecule has 0 saturated carbocycles. The zero-order valence-corrected chi connectivity index (χ0v) is 16.3. The van der Waals surface area contributed by atoms with Crippen LogP contribution in [0.3, 0.4) is 0 Å². The largest absolute Gasteiger partial charge is 0.453 e. The summed E-state index contributed by atoms with van der Waals surface area (Å²) in [6, 6.07) is 6.79. The Morgan fingerprint density at radius 3 is 2.65 bits per heavy atom. The molecule has 0 aliphatic carbocycles. The van der Waals surface area contributed by atoms with E-state index in [1.807, 2.05) is 0 Å². The maximum atomic E-state index is 14.1. The Kier molecular flexibility index (Phi) is 5.21. The van der Waals surface area contributed by atoms with Crippen molar-refractivity contribution in [3.05, 3.63) is 65.1 Å². The molecule has 1 unspecified atom stereocenters. The highest BCUT2D eigenvalue weighted by Gasteiger charge is 2.34. The number of nitrogens with one attached hydrogen (secondary N) is 2. The molecular formula is C19H18F2N8O2. The molecule has 0 saturated heterocycles. The summed E-state index contributed by atoms with van der Waals surface area (Å²) in [5, 5.41) is 3.90. The number of hydrogen-bond donors (Lipinski definition) is 4. The van der Waals surface area contributed by atoms with Gasteiger partial charge in [-0.15, -0.1) is 0 Å². The van der Waals surface area contributed by atoms with Gasteiger partial charge in [0.2, 0.25) is 0 Å². The van der Waals surface area contributed by atoms with Crippen LogP contribution in [0.2, 0.25) is 0 Å². The molecule has 31 heavy (non-hydrogen) atoms. The van der Waals surface area contributed by atoms with Crippen LogP contribution in [0.1, 0.15) is 23.0 Å². The van der Waals surface area contributed by atoms with Gasteiger partial charge in [0.05, 0.1) is 19.9 Å². The van der Waals surface area contributed by atoms with Crippen LogP contribution in [0.15, 0.2) is 36.5 Å². The molecule has 1 aliphatic heterocycles. The van der Waals surface area contributed by atoms with Crippen LogP contribution < -0.4 is 27.2 Å². The lowest BCUT2D eigenvalue weighted by molar-refractivity contribution is 0.187. The maximum Gasteiger partial charge on any atom is 0.411 e. The number of nitrogens with zero attached hydrogens (tertiary/aromatic N) is 4. The van der Waals surface area contributed by atoms with E-state index in [2.05, 4.69) is 30.4 Å². The minimum absolute atomic E-state index is 0.00518. The molecular weight excluding hydrogens is 410 g/mol. The van der Waals surface area contributed by atoms with Crippen LogP contribution in [0.4, 0.5) is 36.7 Å². The molecule has 0 radical (unpaired) electrons. The van der Waals surface area contributed by atoms with Crippen molar-refractivity contribution in [1.82, 2.24) is 20.4 Å². The quantitative estimate of drug-likeness (QED) is 0.491. The number of rotatable bonds is 4. The first-order chi connectivity index (χ1) is 14.9. The van der Waals surface area contributed by atoms with Crippen molar-refractivity contribution >= 4 is 29.2 Å². The molecule has 3 heterocycles. The van der Waals surface area contributed by atoms with Crippen molar-refractivity contribution in [3.63, 3.8) is 0 Å². The standard InChI is InChI=1S/C19H18F2N8O2/c1-31-19(30)25-14-15(22)26-17(27-16(14)23)13-11-6-10(20)7-24-18(11)29(28-13)8-9-4-2-3-5-12(9)21/h2-7,13,28H,8H2,1H3,(H,25,30)(H4,22,23,26,27). The lowest BCUT2D eigenvalue weighted by Gasteiger charge is -2.20. The normalized spacial score (nSPS) is 14.9. The second kappa shape index (κ2) is 7.99. The Morgan fingerprint density at radius 1 is 1.26 bits per heavy atom. The number of halogens is 2. The lowest BCUT2D eigenvalue weighted by Crippen LogP contribution is -2.35. The summed E-state index contributed by atoms with van der Waals surface area (Å²) in [5.41, 5.74) is 15.8. The summed E-state index contributed by atoms with van der Waals surface area (Å²) in [5.74, 6) is -0.661. The summed E-state index contributed by atoms with van der Waals surface area (Å²) < 4.78 is 32.6. The fourth-order valence-electron chi connectivity index (χ4n) is 3.21. The van der Waals surface area contributed by atoms with E-state index in [1.54, 1.807) is 23.2 Å². The number of ether oxygens (including phenoxy) is 1. The van der Waals surface area contributed by atoms with Gasteiger partial charge in [0.15, 0.2) is 17.5 Å². The van der Waals surface area contributed by atoms with Gasteiger partial charge in [-0.25, -0.2) is 34.0 Å². The summed E-state index contributed by atoms with van der Waals surface area (Å²) in [7, 11) is 1.18. The van der Waals surface area contributed by atoms with Crippen LogP contribution in [-0.2, 0) is 11.3 Å². The van der Waals surface area contributed by atoms with Gasteiger partial charge in [0.1, 0.15) is 29.2 Å². The van der Waals surface area contributed by atoms with Crippen LogP contribution in [0, 0.1) is 11.6 Å². The van der Waals surface area contributed by atoms with E-state index >= 15 is 0 Å². The topological polar surface area (TPSA) is 144 Å². The van der Waals surface area contributed by atoms with E-state index in [0.29, 0.717) is 16.9 Å². The van der Waals surface area contributed by atoms with E-state index in [4.69, 9.17) is 11.5 Å². The molecule has 10 nitrogen and oxygen atoms in total. The first-order valence-corrected chi connectivity index (χ1v) is 9.07. The molecule has 1 amide bonds. The second-order valence-corrected chi connectivity index (χ2v) is 6.65. The third kappa shape index (κ3) is 3.88. The minimum atomic E-state index is -0.790. The zero-order valence-electron chi connectivity index (χ0n) is 16.3. The third-order valence-corrected chi connectivity index (χ3v) is 4.65. The first kappa shape index (κ1) is 20.2. The van der Waals surface area contributed by atoms with Crippen LogP contribution in [0.25, 0.3) is 0 Å². The average Bonchev–Trinajstić information content (AvgIpc) is 3.09. The monoisotopic (exact) mass is 428 g/mol. The Labute approximate surface area is 175 Å². The van der Waals surface area contributed by atoms with Gasteiger partial charge in [-0.2, -0.15) is 0 Å². The molecule has 6 N–H and O–H groups in total. The molecule has 0 spiro atoms. The van der Waals surface area contributed by atoms with Crippen molar-refractivity contribution in [3.8, 4) is 0 Å². The van der Waals surface area contributed by atoms with Crippen LogP contribution >= 0.6 is 0 Å². The first-order valence-electron chi connectivity index (χ1n) is 9.07. The zero-order chi connectivity index (χ0) is 22.1. The van der Waals surface area contributed by atoms with Crippen molar-refractivity contribution in [2.45, 2.75) is 12.6 Å². The highest BCUT2D eigenvalue weighted by Crippen LogP contribution is 2.37. The number of pyridine rings is 1. The summed E-state index contributed by atoms with van der Waals surface area (Å²) in [6.45, 7) is 0.113. The summed E-state index contributed by atoms with van der Waals surface area (Å²) in [4.78, 5) is 24.0. The Bertz CT molecular complexity index is 1140. The van der Waals surface area contributed by atoms with E-state index in [1.165, 1.54) is 19.2 Å². The van der Waals surface area contributed by atoms with Crippen molar-refractivity contribution in [2.24, 2.45) is 0 Å². The van der Waals surface area contributed by atoms with E-state index < -0.39 is 18.0 Å². The molecule has 1 aliphatic rings. The number of hydrogen-bond acceptors (Lipinski definition) is 9.